The fourth-order valence-corrected chi connectivity index (χ4v) is 2.57. The molecule has 2 aliphatic rings. The van der Waals surface area contributed by atoms with Crippen molar-refractivity contribution in [1.29, 1.82) is 0 Å². The summed E-state index contributed by atoms with van der Waals surface area (Å²) in [4.78, 5) is 29.2. The van der Waals surface area contributed by atoms with E-state index >= 15 is 0 Å². The van der Waals surface area contributed by atoms with E-state index in [0.717, 1.165) is 19.0 Å². The predicted octanol–water partition coefficient (Wildman–Crippen LogP) is 2.00. The van der Waals surface area contributed by atoms with Gasteiger partial charge < -0.3 is 5.32 Å². The topological polar surface area (TPSA) is 62.3 Å². The smallest absolute Gasteiger partial charge is 0.325 e. The van der Waals surface area contributed by atoms with Gasteiger partial charge in [0.05, 0.1) is 12.2 Å². The number of urea groups is 1. The number of pyridine rings is 1. The number of carbonyl (C=O) groups is 2. The van der Waals surface area contributed by atoms with Gasteiger partial charge in [0.2, 0.25) is 0 Å². The van der Waals surface area contributed by atoms with Crippen LogP contribution in [-0.4, -0.2) is 27.9 Å². The van der Waals surface area contributed by atoms with Gasteiger partial charge >= 0.3 is 6.03 Å². The Bertz CT molecular complexity index is 559. The zero-order chi connectivity index (χ0) is 14.3. The number of imide groups is 1. The Hall–Kier alpha value is -1.98. The molecule has 1 unspecified atom stereocenters. The number of nitrogens with zero attached hydrogens (tertiary/aromatic N) is 2. The average molecular weight is 277 g/mol. The van der Waals surface area contributed by atoms with Crippen LogP contribution in [0.2, 0.25) is 0 Å². The molecule has 106 valence electrons. The van der Waals surface area contributed by atoms with Gasteiger partial charge in [-0.2, -0.15) is 0 Å². The number of rotatable bonds is 4. The number of hydrogen-bond acceptors (Lipinski definition) is 3. The van der Waals surface area contributed by atoms with Crippen LogP contribution in [0.5, 0.6) is 0 Å². The van der Waals surface area contributed by atoms with E-state index < -0.39 is 23.9 Å². The van der Waals surface area contributed by atoms with Crippen molar-refractivity contribution in [2.75, 3.05) is 0 Å². The fourth-order valence-electron chi connectivity index (χ4n) is 2.57. The first-order valence-electron chi connectivity index (χ1n) is 6.80. The molecule has 2 fully saturated rings. The Balaban J connectivity index is 1.78. The molecule has 0 aromatic carbocycles. The minimum Gasteiger partial charge on any atom is -0.326 e. The van der Waals surface area contributed by atoms with Crippen LogP contribution in [-0.2, 0) is 4.79 Å². The molecule has 1 aromatic heterocycles. The molecule has 1 saturated heterocycles. The van der Waals surface area contributed by atoms with Crippen molar-refractivity contribution in [3.05, 3.63) is 29.8 Å². The molecule has 1 saturated carbocycles. The zero-order valence-corrected chi connectivity index (χ0v) is 11.2. The summed E-state index contributed by atoms with van der Waals surface area (Å²) in [6.45, 7) is 1.70. The maximum Gasteiger partial charge on any atom is 0.325 e. The molecule has 0 radical (unpaired) electrons. The molecule has 3 rings (SSSR count). The van der Waals surface area contributed by atoms with Gasteiger partial charge in [0.15, 0.2) is 0 Å². The van der Waals surface area contributed by atoms with Crippen LogP contribution in [0.3, 0.4) is 0 Å². The Morgan fingerprint density at radius 2 is 2.20 bits per heavy atom. The number of aromatic nitrogens is 1. The molecule has 1 aliphatic carbocycles. The highest BCUT2D eigenvalue weighted by atomic mass is 19.1. The molecule has 5 nitrogen and oxygen atoms in total. The number of carbonyl (C=O) groups excluding carboxylic acids is 2. The van der Waals surface area contributed by atoms with Crippen LogP contribution < -0.4 is 5.32 Å². The Labute approximate surface area is 116 Å². The van der Waals surface area contributed by atoms with Crippen LogP contribution in [0, 0.1) is 11.7 Å². The highest BCUT2D eigenvalue weighted by molar-refractivity contribution is 6.04. The minimum atomic E-state index is -0.519. The molecule has 2 heterocycles. The van der Waals surface area contributed by atoms with Crippen molar-refractivity contribution in [3.8, 4) is 0 Å². The highest BCUT2D eigenvalue weighted by Gasteiger charge is 2.43. The number of nitrogens with one attached hydrogen (secondary N) is 1. The molecular weight excluding hydrogens is 261 g/mol. The molecular formula is C14H16FN3O2. The summed E-state index contributed by atoms with van der Waals surface area (Å²) in [5.41, 5.74) is 0.514. The molecule has 1 aromatic rings. The SMILES string of the molecule is C[C@@H](c1cncc(F)c1)N1C(=O)NC(CC2CC2)C1=O. The molecule has 6 heteroatoms. The Morgan fingerprint density at radius 1 is 1.45 bits per heavy atom. The van der Waals surface area contributed by atoms with Crippen molar-refractivity contribution in [2.24, 2.45) is 5.92 Å². The lowest BCUT2D eigenvalue weighted by Gasteiger charge is -2.21. The zero-order valence-electron chi connectivity index (χ0n) is 11.2. The standard InChI is InChI=1S/C14H16FN3O2/c1-8(10-5-11(15)7-16-6-10)18-13(19)12(17-14(18)20)4-9-2-3-9/h5-9,12H,2-4H2,1H3,(H,17,20)/t8-,12?/m0/s1. The predicted molar refractivity (Wildman–Crippen MR) is 69.1 cm³/mol. The van der Waals surface area contributed by atoms with Gasteiger partial charge in [-0.1, -0.05) is 12.8 Å². The van der Waals surface area contributed by atoms with Gasteiger partial charge in [0, 0.05) is 6.20 Å². The van der Waals surface area contributed by atoms with E-state index in [2.05, 4.69) is 10.3 Å². The van der Waals surface area contributed by atoms with Crippen molar-refractivity contribution >= 4 is 11.9 Å². The third kappa shape index (κ3) is 2.37. The van der Waals surface area contributed by atoms with Crippen LogP contribution in [0.25, 0.3) is 0 Å². The second-order valence-corrected chi connectivity index (χ2v) is 5.50. The molecule has 0 spiro atoms. The molecule has 1 N–H and O–H groups in total. The lowest BCUT2D eigenvalue weighted by Crippen LogP contribution is -2.34. The Kier molecular flexibility index (Phi) is 3.16. The summed E-state index contributed by atoms with van der Waals surface area (Å²) in [5.74, 6) is -0.148. The van der Waals surface area contributed by atoms with E-state index in [-0.39, 0.29) is 5.91 Å². The summed E-state index contributed by atoms with van der Waals surface area (Å²) in [7, 11) is 0. The summed E-state index contributed by atoms with van der Waals surface area (Å²) in [5, 5.41) is 2.71. The summed E-state index contributed by atoms with van der Waals surface area (Å²) in [6, 6.07) is -0.0572. The van der Waals surface area contributed by atoms with Crippen LogP contribution in [0.1, 0.15) is 37.8 Å². The molecule has 0 bridgehead atoms. The van der Waals surface area contributed by atoms with Crippen molar-refractivity contribution in [1.82, 2.24) is 15.2 Å². The van der Waals surface area contributed by atoms with Gasteiger partial charge in [-0.3, -0.25) is 14.7 Å². The number of hydrogen-bond donors (Lipinski definition) is 1. The fraction of sp³-hybridized carbons (Fsp3) is 0.500. The van der Waals surface area contributed by atoms with E-state index in [4.69, 9.17) is 0 Å². The van der Waals surface area contributed by atoms with E-state index in [9.17, 15) is 14.0 Å². The molecule has 1 aliphatic heterocycles. The van der Waals surface area contributed by atoms with E-state index in [1.165, 1.54) is 17.2 Å². The van der Waals surface area contributed by atoms with Gasteiger partial charge in [-0.25, -0.2) is 9.18 Å². The summed E-state index contributed by atoms with van der Waals surface area (Å²) < 4.78 is 13.2. The molecule has 2 atom stereocenters. The highest BCUT2D eigenvalue weighted by Crippen LogP contribution is 2.35. The van der Waals surface area contributed by atoms with E-state index in [1.54, 1.807) is 6.92 Å². The van der Waals surface area contributed by atoms with Gasteiger partial charge in [-0.15, -0.1) is 0 Å². The molecule has 3 amide bonds. The lowest BCUT2D eigenvalue weighted by molar-refractivity contribution is -0.129. The monoisotopic (exact) mass is 277 g/mol. The van der Waals surface area contributed by atoms with Crippen LogP contribution in [0.4, 0.5) is 9.18 Å². The van der Waals surface area contributed by atoms with Gasteiger partial charge in [0.1, 0.15) is 11.9 Å². The number of amides is 3. The minimum absolute atomic E-state index is 0.223. The average Bonchev–Trinajstić information content (AvgIpc) is 3.17. The van der Waals surface area contributed by atoms with Crippen molar-refractivity contribution in [2.45, 2.75) is 38.3 Å². The van der Waals surface area contributed by atoms with Crippen LogP contribution in [0.15, 0.2) is 18.5 Å². The normalized spacial score (nSPS) is 23.9. The lowest BCUT2D eigenvalue weighted by atomic mass is 10.1. The second kappa shape index (κ2) is 4.85. The first kappa shape index (κ1) is 13.0. The van der Waals surface area contributed by atoms with Gasteiger partial charge in [-0.05, 0) is 30.9 Å². The first-order chi connectivity index (χ1) is 9.56. The largest absolute Gasteiger partial charge is 0.326 e. The maximum absolute atomic E-state index is 13.2. The van der Waals surface area contributed by atoms with Gasteiger partial charge in [0.25, 0.3) is 5.91 Å². The van der Waals surface area contributed by atoms with E-state index in [0.29, 0.717) is 17.9 Å². The second-order valence-electron chi connectivity index (χ2n) is 5.50. The molecule has 20 heavy (non-hydrogen) atoms. The maximum atomic E-state index is 13.2. The summed E-state index contributed by atoms with van der Waals surface area (Å²) in [6.07, 6.45) is 5.53. The third-order valence-corrected chi connectivity index (χ3v) is 3.91. The Morgan fingerprint density at radius 3 is 2.85 bits per heavy atom. The van der Waals surface area contributed by atoms with Crippen LogP contribution >= 0.6 is 0 Å². The van der Waals surface area contributed by atoms with Crippen molar-refractivity contribution < 1.29 is 14.0 Å². The van der Waals surface area contributed by atoms with E-state index in [1.807, 2.05) is 0 Å². The van der Waals surface area contributed by atoms with Crippen molar-refractivity contribution in [3.63, 3.8) is 0 Å². The quantitative estimate of drug-likeness (QED) is 0.856. The number of halogens is 1. The third-order valence-electron chi connectivity index (χ3n) is 3.91. The first-order valence-corrected chi connectivity index (χ1v) is 6.80. The summed E-state index contributed by atoms with van der Waals surface area (Å²) >= 11 is 0.